The third kappa shape index (κ3) is 2.89. The smallest absolute Gasteiger partial charge is 0.335 e. The molecule has 0 aliphatic heterocycles. The van der Waals surface area contributed by atoms with Crippen LogP contribution in [0.4, 0.5) is 11.4 Å². The van der Waals surface area contributed by atoms with E-state index in [2.05, 4.69) is 5.32 Å². The molecule has 98 valence electrons. The number of benzene rings is 1. The molecular weight excluding hydrogens is 252 g/mol. The van der Waals surface area contributed by atoms with Crippen molar-refractivity contribution >= 4 is 17.3 Å². The standard InChI is InChI=1S/C12H10N2O5/c15-12(16)8-3-4-10(11(6-8)14(17)18)13-7-9-2-1-5-19-9/h1-6,13H,7H2,(H,15,16). The van der Waals surface area contributed by atoms with E-state index < -0.39 is 10.9 Å². The second-order valence-corrected chi connectivity index (χ2v) is 3.73. The predicted molar refractivity (Wildman–Crippen MR) is 66.1 cm³/mol. The molecule has 2 rings (SSSR count). The van der Waals surface area contributed by atoms with Crippen LogP contribution in [0.25, 0.3) is 0 Å². The molecule has 0 aliphatic carbocycles. The van der Waals surface area contributed by atoms with Crippen LogP contribution in [0.3, 0.4) is 0 Å². The Morgan fingerprint density at radius 1 is 1.42 bits per heavy atom. The number of aromatic carboxylic acids is 1. The van der Waals surface area contributed by atoms with E-state index in [-0.39, 0.29) is 23.5 Å². The summed E-state index contributed by atoms with van der Waals surface area (Å²) in [5, 5.41) is 22.5. The van der Waals surface area contributed by atoms with E-state index in [0.717, 1.165) is 6.07 Å². The highest BCUT2D eigenvalue weighted by Crippen LogP contribution is 2.26. The SMILES string of the molecule is O=C(O)c1ccc(NCc2ccco2)c([N+](=O)[O-])c1. The van der Waals surface area contributed by atoms with E-state index in [9.17, 15) is 14.9 Å². The minimum Gasteiger partial charge on any atom is -0.478 e. The highest BCUT2D eigenvalue weighted by Gasteiger charge is 2.17. The lowest BCUT2D eigenvalue weighted by Gasteiger charge is -2.06. The second kappa shape index (κ2) is 5.21. The van der Waals surface area contributed by atoms with E-state index in [1.54, 1.807) is 12.1 Å². The Morgan fingerprint density at radius 3 is 2.79 bits per heavy atom. The lowest BCUT2D eigenvalue weighted by atomic mass is 10.1. The summed E-state index contributed by atoms with van der Waals surface area (Å²) in [5.41, 5.74) is -0.173. The first kappa shape index (κ1) is 12.6. The van der Waals surface area contributed by atoms with Gasteiger partial charge >= 0.3 is 5.97 Å². The maximum absolute atomic E-state index is 10.9. The number of carboxylic acid groups (broad SMARTS) is 1. The number of nitro benzene ring substituents is 1. The Morgan fingerprint density at radius 2 is 2.21 bits per heavy atom. The van der Waals surface area contributed by atoms with Crippen molar-refractivity contribution in [2.75, 3.05) is 5.32 Å². The topological polar surface area (TPSA) is 106 Å². The van der Waals surface area contributed by atoms with Crippen molar-refractivity contribution in [2.24, 2.45) is 0 Å². The van der Waals surface area contributed by atoms with Gasteiger partial charge in [-0.25, -0.2) is 4.79 Å². The zero-order chi connectivity index (χ0) is 13.8. The fraction of sp³-hybridized carbons (Fsp3) is 0.0833. The molecule has 2 N–H and O–H groups in total. The number of anilines is 1. The summed E-state index contributed by atoms with van der Waals surface area (Å²) in [7, 11) is 0. The number of rotatable bonds is 5. The molecule has 0 atom stereocenters. The Labute approximate surface area is 107 Å². The Bertz CT molecular complexity index is 607. The van der Waals surface area contributed by atoms with Crippen LogP contribution in [-0.4, -0.2) is 16.0 Å². The van der Waals surface area contributed by atoms with Crippen LogP contribution in [-0.2, 0) is 6.54 Å². The molecule has 1 aromatic carbocycles. The van der Waals surface area contributed by atoms with Crippen LogP contribution in [0.2, 0.25) is 0 Å². The van der Waals surface area contributed by atoms with Gasteiger partial charge in [-0.05, 0) is 24.3 Å². The van der Waals surface area contributed by atoms with Gasteiger partial charge in [-0.3, -0.25) is 10.1 Å². The van der Waals surface area contributed by atoms with Crippen molar-refractivity contribution in [3.05, 3.63) is 58.0 Å². The summed E-state index contributed by atoms with van der Waals surface area (Å²) in [6, 6.07) is 7.13. The lowest BCUT2D eigenvalue weighted by molar-refractivity contribution is -0.384. The van der Waals surface area contributed by atoms with E-state index in [1.807, 2.05) is 0 Å². The van der Waals surface area contributed by atoms with E-state index >= 15 is 0 Å². The lowest BCUT2D eigenvalue weighted by Crippen LogP contribution is -2.04. The predicted octanol–water partition coefficient (Wildman–Crippen LogP) is 2.50. The normalized spacial score (nSPS) is 10.1. The van der Waals surface area contributed by atoms with Crippen LogP contribution < -0.4 is 5.32 Å². The summed E-state index contributed by atoms with van der Waals surface area (Å²) < 4.78 is 5.09. The maximum atomic E-state index is 10.9. The summed E-state index contributed by atoms with van der Waals surface area (Å²) in [5.74, 6) is -0.586. The van der Waals surface area contributed by atoms with Gasteiger partial charge in [0.2, 0.25) is 0 Å². The van der Waals surface area contributed by atoms with Crippen molar-refractivity contribution in [2.45, 2.75) is 6.54 Å². The van der Waals surface area contributed by atoms with Crippen molar-refractivity contribution in [3.8, 4) is 0 Å². The van der Waals surface area contributed by atoms with Gasteiger partial charge in [-0.1, -0.05) is 0 Å². The van der Waals surface area contributed by atoms with Gasteiger partial charge in [-0.2, -0.15) is 0 Å². The molecule has 19 heavy (non-hydrogen) atoms. The Hall–Kier alpha value is -2.83. The minimum absolute atomic E-state index is 0.129. The van der Waals surface area contributed by atoms with Crippen molar-refractivity contribution in [1.82, 2.24) is 0 Å². The number of nitrogens with zero attached hydrogens (tertiary/aromatic N) is 1. The summed E-state index contributed by atoms with van der Waals surface area (Å²) in [6.45, 7) is 0.278. The van der Waals surface area contributed by atoms with Crippen molar-refractivity contribution in [3.63, 3.8) is 0 Å². The van der Waals surface area contributed by atoms with Crippen LogP contribution >= 0.6 is 0 Å². The molecule has 7 nitrogen and oxygen atoms in total. The molecule has 1 heterocycles. The fourth-order valence-electron chi connectivity index (χ4n) is 1.56. The minimum atomic E-state index is -1.21. The largest absolute Gasteiger partial charge is 0.478 e. The molecule has 2 aromatic rings. The van der Waals surface area contributed by atoms with E-state index in [0.29, 0.717) is 5.76 Å². The zero-order valence-electron chi connectivity index (χ0n) is 9.70. The van der Waals surface area contributed by atoms with Gasteiger partial charge in [0, 0.05) is 6.07 Å². The third-order valence-corrected chi connectivity index (χ3v) is 2.47. The molecule has 0 unspecified atom stereocenters. The van der Waals surface area contributed by atoms with Gasteiger partial charge in [-0.15, -0.1) is 0 Å². The number of furan rings is 1. The van der Waals surface area contributed by atoms with Gasteiger partial charge in [0.05, 0.1) is 23.3 Å². The zero-order valence-corrected chi connectivity index (χ0v) is 9.70. The van der Waals surface area contributed by atoms with Gasteiger partial charge in [0.1, 0.15) is 11.4 Å². The van der Waals surface area contributed by atoms with E-state index in [4.69, 9.17) is 9.52 Å². The first-order chi connectivity index (χ1) is 9.08. The first-order valence-electron chi connectivity index (χ1n) is 5.36. The van der Waals surface area contributed by atoms with E-state index in [1.165, 1.54) is 18.4 Å². The number of carbonyl (C=O) groups is 1. The molecule has 0 radical (unpaired) electrons. The van der Waals surface area contributed by atoms with Crippen molar-refractivity contribution < 1.29 is 19.2 Å². The number of hydrogen-bond acceptors (Lipinski definition) is 5. The highest BCUT2D eigenvalue weighted by molar-refractivity contribution is 5.89. The first-order valence-corrected chi connectivity index (χ1v) is 5.36. The Kier molecular flexibility index (Phi) is 3.46. The summed E-state index contributed by atoms with van der Waals surface area (Å²) in [6.07, 6.45) is 1.50. The summed E-state index contributed by atoms with van der Waals surface area (Å²) in [4.78, 5) is 21.1. The second-order valence-electron chi connectivity index (χ2n) is 3.73. The molecule has 0 saturated heterocycles. The van der Waals surface area contributed by atoms with Crippen LogP contribution in [0.1, 0.15) is 16.1 Å². The molecule has 1 aromatic heterocycles. The Balaban J connectivity index is 2.24. The van der Waals surface area contributed by atoms with Crippen molar-refractivity contribution in [1.29, 1.82) is 0 Å². The average Bonchev–Trinajstić information content (AvgIpc) is 2.89. The van der Waals surface area contributed by atoms with Crippen LogP contribution in [0.15, 0.2) is 41.0 Å². The maximum Gasteiger partial charge on any atom is 0.335 e. The van der Waals surface area contributed by atoms with Crippen LogP contribution in [0, 0.1) is 10.1 Å². The molecule has 0 amide bonds. The fourth-order valence-corrected chi connectivity index (χ4v) is 1.56. The average molecular weight is 262 g/mol. The summed E-state index contributed by atoms with van der Waals surface area (Å²) >= 11 is 0. The number of carboxylic acids is 1. The number of nitrogens with one attached hydrogen (secondary N) is 1. The molecular formula is C12H10N2O5. The van der Waals surface area contributed by atoms with Gasteiger partial charge in [0.25, 0.3) is 5.69 Å². The molecule has 0 bridgehead atoms. The number of hydrogen-bond donors (Lipinski definition) is 2. The molecule has 0 fully saturated rings. The van der Waals surface area contributed by atoms with Gasteiger partial charge in [0.15, 0.2) is 0 Å². The van der Waals surface area contributed by atoms with Gasteiger partial charge < -0.3 is 14.8 Å². The molecule has 0 aliphatic rings. The highest BCUT2D eigenvalue weighted by atomic mass is 16.6. The monoisotopic (exact) mass is 262 g/mol. The third-order valence-electron chi connectivity index (χ3n) is 2.47. The molecule has 7 heteroatoms. The molecule has 0 spiro atoms. The molecule has 0 saturated carbocycles. The number of nitro groups is 1. The quantitative estimate of drug-likeness (QED) is 0.633. The van der Waals surface area contributed by atoms with Crippen LogP contribution in [0.5, 0.6) is 0 Å².